The molecule has 0 saturated carbocycles. The Balaban J connectivity index is 2.41. The van der Waals surface area contributed by atoms with Crippen LogP contribution in [0.25, 0.3) is 0 Å². The molecule has 2 heteroatoms. The van der Waals surface area contributed by atoms with Crippen LogP contribution in [0.1, 0.15) is 35.2 Å². The first kappa shape index (κ1) is 12.8. The number of nitrogens with two attached hydrogens (primary N) is 1. The van der Waals surface area contributed by atoms with E-state index in [0.29, 0.717) is 11.1 Å². The Morgan fingerprint density at radius 1 is 1.17 bits per heavy atom. The molecule has 0 aliphatic carbocycles. The second-order valence-corrected chi connectivity index (χ2v) is 4.55. The van der Waals surface area contributed by atoms with Crippen LogP contribution in [-0.2, 0) is 6.42 Å². The summed E-state index contributed by atoms with van der Waals surface area (Å²) in [4.78, 5) is 0. The molecule has 18 heavy (non-hydrogen) atoms. The van der Waals surface area contributed by atoms with E-state index < -0.39 is 6.04 Å². The van der Waals surface area contributed by atoms with Gasteiger partial charge in [0, 0.05) is 5.56 Å². The number of halogens is 1. The average Bonchev–Trinajstić information content (AvgIpc) is 2.41. The van der Waals surface area contributed by atoms with Crippen molar-refractivity contribution in [1.82, 2.24) is 0 Å². The van der Waals surface area contributed by atoms with E-state index in [9.17, 15) is 4.39 Å². The molecule has 2 aromatic carbocycles. The van der Waals surface area contributed by atoms with Gasteiger partial charge in [-0.05, 0) is 30.0 Å². The summed E-state index contributed by atoms with van der Waals surface area (Å²) in [5.41, 5.74) is 9.54. The van der Waals surface area contributed by atoms with Gasteiger partial charge in [-0.15, -0.1) is 0 Å². The Morgan fingerprint density at radius 3 is 2.61 bits per heavy atom. The first-order valence-electron chi connectivity index (χ1n) is 6.23. The molecule has 0 aromatic heterocycles. The van der Waals surface area contributed by atoms with E-state index in [4.69, 9.17) is 5.73 Å². The zero-order valence-electron chi connectivity index (χ0n) is 10.8. The number of rotatable bonds is 3. The topological polar surface area (TPSA) is 26.0 Å². The Kier molecular flexibility index (Phi) is 3.78. The third-order valence-electron chi connectivity index (χ3n) is 3.28. The van der Waals surface area contributed by atoms with Crippen molar-refractivity contribution in [2.75, 3.05) is 0 Å². The molecule has 0 aliphatic rings. The lowest BCUT2D eigenvalue weighted by atomic mass is 9.96. The molecule has 0 radical (unpaired) electrons. The van der Waals surface area contributed by atoms with Gasteiger partial charge in [-0.3, -0.25) is 0 Å². The molecule has 0 spiro atoms. The SMILES string of the molecule is CCc1cccc(C(N)c2cccc(C)c2F)c1. The van der Waals surface area contributed by atoms with Gasteiger partial charge < -0.3 is 5.73 Å². The first-order chi connectivity index (χ1) is 8.63. The summed E-state index contributed by atoms with van der Waals surface area (Å²) >= 11 is 0. The van der Waals surface area contributed by atoms with Crippen molar-refractivity contribution in [1.29, 1.82) is 0 Å². The Bertz CT molecular complexity index is 549. The van der Waals surface area contributed by atoms with Crippen molar-refractivity contribution in [2.45, 2.75) is 26.3 Å². The maximum absolute atomic E-state index is 14.0. The minimum Gasteiger partial charge on any atom is -0.320 e. The molecule has 0 saturated heterocycles. The van der Waals surface area contributed by atoms with Crippen LogP contribution < -0.4 is 5.73 Å². The van der Waals surface area contributed by atoms with Crippen LogP contribution in [0.4, 0.5) is 4.39 Å². The Labute approximate surface area is 107 Å². The third kappa shape index (κ3) is 2.44. The summed E-state index contributed by atoms with van der Waals surface area (Å²) in [6.07, 6.45) is 0.955. The zero-order chi connectivity index (χ0) is 13.1. The fourth-order valence-electron chi connectivity index (χ4n) is 2.10. The fraction of sp³-hybridized carbons (Fsp3) is 0.250. The highest BCUT2D eigenvalue weighted by Gasteiger charge is 2.14. The maximum Gasteiger partial charge on any atom is 0.131 e. The Morgan fingerprint density at radius 2 is 1.89 bits per heavy atom. The van der Waals surface area contributed by atoms with Gasteiger partial charge in [0.15, 0.2) is 0 Å². The van der Waals surface area contributed by atoms with Crippen molar-refractivity contribution < 1.29 is 4.39 Å². The summed E-state index contributed by atoms with van der Waals surface area (Å²) in [6.45, 7) is 3.85. The van der Waals surface area contributed by atoms with E-state index in [2.05, 4.69) is 13.0 Å². The summed E-state index contributed by atoms with van der Waals surface area (Å²) in [6, 6.07) is 13.0. The predicted molar refractivity (Wildman–Crippen MR) is 73.0 cm³/mol. The van der Waals surface area contributed by atoms with Crippen LogP contribution in [0.15, 0.2) is 42.5 Å². The quantitative estimate of drug-likeness (QED) is 0.873. The van der Waals surface area contributed by atoms with Gasteiger partial charge in [0.25, 0.3) is 0 Å². The smallest absolute Gasteiger partial charge is 0.131 e. The van der Waals surface area contributed by atoms with E-state index in [1.54, 1.807) is 19.1 Å². The Hall–Kier alpha value is -1.67. The van der Waals surface area contributed by atoms with Gasteiger partial charge in [-0.1, -0.05) is 49.4 Å². The normalized spacial score (nSPS) is 12.4. The van der Waals surface area contributed by atoms with Crippen molar-refractivity contribution >= 4 is 0 Å². The number of hydrogen-bond acceptors (Lipinski definition) is 1. The monoisotopic (exact) mass is 243 g/mol. The summed E-state index contributed by atoms with van der Waals surface area (Å²) in [7, 11) is 0. The van der Waals surface area contributed by atoms with E-state index in [1.807, 2.05) is 24.3 Å². The van der Waals surface area contributed by atoms with Gasteiger partial charge >= 0.3 is 0 Å². The molecule has 2 N–H and O–H groups in total. The van der Waals surface area contributed by atoms with Crippen LogP contribution in [0, 0.1) is 12.7 Å². The van der Waals surface area contributed by atoms with Crippen LogP contribution in [0.5, 0.6) is 0 Å². The molecule has 1 unspecified atom stereocenters. The molecule has 0 fully saturated rings. The van der Waals surface area contributed by atoms with Gasteiger partial charge in [0.05, 0.1) is 6.04 Å². The van der Waals surface area contributed by atoms with Crippen molar-refractivity contribution in [2.24, 2.45) is 5.73 Å². The molecular formula is C16H18FN. The van der Waals surface area contributed by atoms with Crippen molar-refractivity contribution in [3.8, 4) is 0 Å². The fourth-order valence-corrected chi connectivity index (χ4v) is 2.10. The third-order valence-corrected chi connectivity index (χ3v) is 3.28. The second kappa shape index (κ2) is 5.32. The van der Waals surface area contributed by atoms with Gasteiger partial charge in [-0.25, -0.2) is 4.39 Å². The summed E-state index contributed by atoms with van der Waals surface area (Å²) in [5.74, 6) is -0.202. The highest BCUT2D eigenvalue weighted by molar-refractivity contribution is 5.36. The predicted octanol–water partition coefficient (Wildman–Crippen LogP) is 3.74. The van der Waals surface area contributed by atoms with E-state index in [0.717, 1.165) is 12.0 Å². The molecular weight excluding hydrogens is 225 g/mol. The lowest BCUT2D eigenvalue weighted by Gasteiger charge is -2.15. The minimum atomic E-state index is -0.406. The van der Waals surface area contributed by atoms with Crippen LogP contribution in [-0.4, -0.2) is 0 Å². The molecule has 1 atom stereocenters. The van der Waals surface area contributed by atoms with Gasteiger partial charge in [0.2, 0.25) is 0 Å². The van der Waals surface area contributed by atoms with Gasteiger partial charge in [-0.2, -0.15) is 0 Å². The van der Waals surface area contributed by atoms with Crippen LogP contribution in [0.2, 0.25) is 0 Å². The van der Waals surface area contributed by atoms with Crippen molar-refractivity contribution in [3.63, 3.8) is 0 Å². The van der Waals surface area contributed by atoms with Crippen LogP contribution in [0.3, 0.4) is 0 Å². The van der Waals surface area contributed by atoms with Gasteiger partial charge in [0.1, 0.15) is 5.82 Å². The first-order valence-corrected chi connectivity index (χ1v) is 6.23. The standard InChI is InChI=1S/C16H18FN/c1-3-12-7-5-8-13(10-12)16(18)14-9-4-6-11(2)15(14)17/h4-10,16H,3,18H2,1-2H3. The lowest BCUT2D eigenvalue weighted by Crippen LogP contribution is -2.14. The number of hydrogen-bond donors (Lipinski definition) is 1. The van der Waals surface area contributed by atoms with Crippen LogP contribution >= 0.6 is 0 Å². The molecule has 0 aliphatic heterocycles. The highest BCUT2D eigenvalue weighted by Crippen LogP contribution is 2.24. The van der Waals surface area contributed by atoms with E-state index in [1.165, 1.54) is 5.56 Å². The molecule has 94 valence electrons. The molecule has 0 heterocycles. The molecule has 2 aromatic rings. The van der Waals surface area contributed by atoms with Crippen molar-refractivity contribution in [3.05, 3.63) is 70.5 Å². The largest absolute Gasteiger partial charge is 0.320 e. The summed E-state index contributed by atoms with van der Waals surface area (Å²) in [5, 5.41) is 0. The lowest BCUT2D eigenvalue weighted by molar-refractivity contribution is 0.591. The molecule has 1 nitrogen and oxygen atoms in total. The number of benzene rings is 2. The van der Waals surface area contributed by atoms with E-state index in [-0.39, 0.29) is 5.82 Å². The average molecular weight is 243 g/mol. The number of aryl methyl sites for hydroxylation is 2. The van der Waals surface area contributed by atoms with E-state index >= 15 is 0 Å². The maximum atomic E-state index is 14.0. The summed E-state index contributed by atoms with van der Waals surface area (Å²) < 4.78 is 14.0. The second-order valence-electron chi connectivity index (χ2n) is 4.55. The highest BCUT2D eigenvalue weighted by atomic mass is 19.1. The molecule has 0 bridgehead atoms. The molecule has 2 rings (SSSR count). The zero-order valence-corrected chi connectivity index (χ0v) is 10.8. The minimum absolute atomic E-state index is 0.202. The molecule has 0 amide bonds.